The first kappa shape index (κ1) is 12.5. The molecule has 2 unspecified atom stereocenters. The van der Waals surface area contributed by atoms with Crippen molar-refractivity contribution >= 4 is 0 Å². The number of rotatable bonds is 7. The van der Waals surface area contributed by atoms with Gasteiger partial charge in [0.1, 0.15) is 5.82 Å². The molecule has 0 saturated heterocycles. The summed E-state index contributed by atoms with van der Waals surface area (Å²) >= 11 is 0. The first-order chi connectivity index (χ1) is 8.26. The van der Waals surface area contributed by atoms with Gasteiger partial charge in [-0.05, 0) is 25.2 Å². The smallest absolute Gasteiger partial charge is 0.108 e. The van der Waals surface area contributed by atoms with E-state index in [9.17, 15) is 0 Å². The number of methoxy groups -OCH3 is 1. The molecule has 2 atom stereocenters. The van der Waals surface area contributed by atoms with Crippen LogP contribution in [-0.2, 0) is 18.2 Å². The zero-order valence-electron chi connectivity index (χ0n) is 10.6. The molecule has 2 rings (SSSR count). The third kappa shape index (κ3) is 3.06. The normalized spacial score (nSPS) is 19.2. The van der Waals surface area contributed by atoms with Gasteiger partial charge in [-0.25, -0.2) is 4.98 Å². The zero-order valence-corrected chi connectivity index (χ0v) is 10.6. The molecule has 0 radical (unpaired) electrons. The highest BCUT2D eigenvalue weighted by molar-refractivity contribution is 4.95. The van der Waals surface area contributed by atoms with Crippen LogP contribution in [0.1, 0.15) is 25.1 Å². The van der Waals surface area contributed by atoms with E-state index < -0.39 is 0 Å². The van der Waals surface area contributed by atoms with Gasteiger partial charge < -0.3 is 9.30 Å². The fourth-order valence-electron chi connectivity index (χ4n) is 2.37. The lowest BCUT2D eigenvalue weighted by Gasteiger charge is -2.25. The van der Waals surface area contributed by atoms with Gasteiger partial charge >= 0.3 is 0 Å². The Morgan fingerprint density at radius 1 is 1.65 bits per heavy atom. The van der Waals surface area contributed by atoms with Gasteiger partial charge in [0.15, 0.2) is 0 Å². The van der Waals surface area contributed by atoms with Crippen LogP contribution < -0.4 is 11.3 Å². The van der Waals surface area contributed by atoms with E-state index in [1.165, 1.54) is 12.8 Å². The highest BCUT2D eigenvalue weighted by Gasteiger charge is 2.36. The second-order valence-electron chi connectivity index (χ2n) is 4.80. The van der Waals surface area contributed by atoms with E-state index >= 15 is 0 Å². The number of ether oxygens (including phenoxy) is 1. The number of hydrazine groups is 1. The van der Waals surface area contributed by atoms with Crippen molar-refractivity contribution in [3.63, 3.8) is 0 Å². The number of nitrogens with two attached hydrogens (primary N) is 1. The van der Waals surface area contributed by atoms with Gasteiger partial charge in [0.25, 0.3) is 0 Å². The van der Waals surface area contributed by atoms with E-state index in [-0.39, 0.29) is 12.1 Å². The second kappa shape index (κ2) is 5.62. The van der Waals surface area contributed by atoms with Gasteiger partial charge in [-0.1, -0.05) is 0 Å². The number of aromatic nitrogens is 2. The summed E-state index contributed by atoms with van der Waals surface area (Å²) in [6.45, 7) is 0. The van der Waals surface area contributed by atoms with Crippen molar-refractivity contribution in [2.45, 2.75) is 37.8 Å². The summed E-state index contributed by atoms with van der Waals surface area (Å²) < 4.78 is 7.61. The molecule has 0 aromatic carbocycles. The standard InChI is InChI=1S/C12H22N4O/c1-16-8-7-14-11(16)6-5-10(15-13)12(17-2)9-3-4-9/h7-10,12,15H,3-6,13H2,1-2H3. The van der Waals surface area contributed by atoms with Crippen LogP contribution in [0.25, 0.3) is 0 Å². The van der Waals surface area contributed by atoms with Crippen molar-refractivity contribution in [3.05, 3.63) is 18.2 Å². The lowest BCUT2D eigenvalue weighted by molar-refractivity contribution is 0.0483. The van der Waals surface area contributed by atoms with Crippen molar-refractivity contribution in [2.24, 2.45) is 18.8 Å². The van der Waals surface area contributed by atoms with Gasteiger partial charge in [0, 0.05) is 39.0 Å². The molecule has 1 aromatic heterocycles. The molecule has 1 aromatic rings. The van der Waals surface area contributed by atoms with E-state index in [0.29, 0.717) is 5.92 Å². The monoisotopic (exact) mass is 238 g/mol. The number of hydrogen-bond donors (Lipinski definition) is 2. The van der Waals surface area contributed by atoms with Crippen LogP contribution in [0.3, 0.4) is 0 Å². The van der Waals surface area contributed by atoms with Crippen LogP contribution in [0, 0.1) is 5.92 Å². The predicted octanol–water partition coefficient (Wildman–Crippen LogP) is 0.610. The van der Waals surface area contributed by atoms with Crippen molar-refractivity contribution in [3.8, 4) is 0 Å². The zero-order chi connectivity index (χ0) is 12.3. The minimum Gasteiger partial charge on any atom is -0.379 e. The molecular weight excluding hydrogens is 216 g/mol. The van der Waals surface area contributed by atoms with E-state index in [4.69, 9.17) is 10.6 Å². The lowest BCUT2D eigenvalue weighted by Crippen LogP contribution is -2.46. The topological polar surface area (TPSA) is 65.1 Å². The molecule has 96 valence electrons. The molecule has 1 aliphatic carbocycles. The molecule has 0 spiro atoms. The summed E-state index contributed by atoms with van der Waals surface area (Å²) in [4.78, 5) is 4.32. The summed E-state index contributed by atoms with van der Waals surface area (Å²) in [6.07, 6.45) is 8.43. The maximum atomic E-state index is 5.64. The third-order valence-corrected chi connectivity index (χ3v) is 3.57. The Hall–Kier alpha value is -0.910. The first-order valence-corrected chi connectivity index (χ1v) is 6.21. The van der Waals surface area contributed by atoms with E-state index in [1.807, 2.05) is 24.0 Å². The van der Waals surface area contributed by atoms with Crippen molar-refractivity contribution in [1.82, 2.24) is 15.0 Å². The highest BCUT2D eigenvalue weighted by Crippen LogP contribution is 2.36. The average Bonchev–Trinajstić information content (AvgIpc) is 3.08. The van der Waals surface area contributed by atoms with Crippen LogP contribution in [0.4, 0.5) is 0 Å². The van der Waals surface area contributed by atoms with Crippen molar-refractivity contribution < 1.29 is 4.74 Å². The minimum atomic E-state index is 0.212. The van der Waals surface area contributed by atoms with Gasteiger partial charge in [-0.3, -0.25) is 11.3 Å². The number of hydrogen-bond acceptors (Lipinski definition) is 4. The molecule has 1 heterocycles. The van der Waals surface area contributed by atoms with Crippen LogP contribution in [-0.4, -0.2) is 28.8 Å². The molecule has 1 aliphatic rings. The Morgan fingerprint density at radius 3 is 2.88 bits per heavy atom. The molecule has 5 nitrogen and oxygen atoms in total. The molecule has 17 heavy (non-hydrogen) atoms. The Balaban J connectivity index is 1.88. The third-order valence-electron chi connectivity index (χ3n) is 3.57. The highest BCUT2D eigenvalue weighted by atomic mass is 16.5. The summed E-state index contributed by atoms with van der Waals surface area (Å²) in [5, 5.41) is 0. The molecular formula is C12H22N4O. The van der Waals surface area contributed by atoms with Crippen molar-refractivity contribution in [1.29, 1.82) is 0 Å². The van der Waals surface area contributed by atoms with E-state index in [0.717, 1.165) is 18.7 Å². The molecule has 3 N–H and O–H groups in total. The maximum Gasteiger partial charge on any atom is 0.108 e. The Morgan fingerprint density at radius 2 is 2.41 bits per heavy atom. The molecule has 0 aliphatic heterocycles. The average molecular weight is 238 g/mol. The lowest BCUT2D eigenvalue weighted by atomic mass is 10.0. The number of nitrogens with zero attached hydrogens (tertiary/aromatic N) is 2. The first-order valence-electron chi connectivity index (χ1n) is 6.21. The second-order valence-corrected chi connectivity index (χ2v) is 4.80. The van der Waals surface area contributed by atoms with E-state index in [2.05, 4.69) is 10.4 Å². The number of aryl methyl sites for hydroxylation is 2. The molecule has 0 amide bonds. The fraction of sp³-hybridized carbons (Fsp3) is 0.750. The summed E-state index contributed by atoms with van der Waals surface area (Å²) in [7, 11) is 3.79. The largest absolute Gasteiger partial charge is 0.379 e. The SMILES string of the molecule is COC(C1CC1)C(CCc1nccn1C)NN. The van der Waals surface area contributed by atoms with Gasteiger partial charge in [-0.15, -0.1) is 0 Å². The number of imidazole rings is 1. The van der Waals surface area contributed by atoms with Crippen LogP contribution >= 0.6 is 0 Å². The molecule has 1 saturated carbocycles. The maximum absolute atomic E-state index is 5.64. The number of nitrogens with one attached hydrogen (secondary N) is 1. The van der Waals surface area contributed by atoms with Crippen LogP contribution in [0.15, 0.2) is 12.4 Å². The Labute approximate surface area is 102 Å². The van der Waals surface area contributed by atoms with Gasteiger partial charge in [0.05, 0.1) is 6.10 Å². The molecule has 0 bridgehead atoms. The summed E-state index contributed by atoms with van der Waals surface area (Å²) in [6, 6.07) is 0.212. The summed E-state index contributed by atoms with van der Waals surface area (Å²) in [5.41, 5.74) is 2.89. The van der Waals surface area contributed by atoms with Gasteiger partial charge in [-0.2, -0.15) is 0 Å². The quantitative estimate of drug-likeness (QED) is 0.539. The Kier molecular flexibility index (Phi) is 4.15. The van der Waals surface area contributed by atoms with E-state index in [1.54, 1.807) is 7.11 Å². The van der Waals surface area contributed by atoms with Crippen LogP contribution in [0.2, 0.25) is 0 Å². The van der Waals surface area contributed by atoms with Crippen LogP contribution in [0.5, 0.6) is 0 Å². The fourth-order valence-corrected chi connectivity index (χ4v) is 2.37. The van der Waals surface area contributed by atoms with Gasteiger partial charge in [0.2, 0.25) is 0 Å². The molecule has 1 fully saturated rings. The summed E-state index contributed by atoms with van der Waals surface area (Å²) in [5.74, 6) is 7.41. The predicted molar refractivity (Wildman–Crippen MR) is 66.2 cm³/mol. The molecule has 5 heteroatoms. The minimum absolute atomic E-state index is 0.212. The van der Waals surface area contributed by atoms with Crippen molar-refractivity contribution in [2.75, 3.05) is 7.11 Å². The Bertz CT molecular complexity index is 348.